The van der Waals surface area contributed by atoms with Crippen LogP contribution in [0.25, 0.3) is 10.8 Å². The third-order valence-corrected chi connectivity index (χ3v) is 3.99. The first-order chi connectivity index (χ1) is 9.91. The lowest BCUT2D eigenvalue weighted by molar-refractivity contribution is 0.0699. The van der Waals surface area contributed by atoms with Crippen molar-refractivity contribution in [1.29, 1.82) is 0 Å². The van der Waals surface area contributed by atoms with E-state index in [1.165, 1.54) is 0 Å². The van der Waals surface area contributed by atoms with E-state index < -0.39 is 5.97 Å². The van der Waals surface area contributed by atoms with E-state index in [9.17, 15) is 9.90 Å². The Morgan fingerprint density at radius 1 is 1.10 bits per heavy atom. The maximum absolute atomic E-state index is 11.4. The second-order valence-corrected chi connectivity index (χ2v) is 6.07. The number of benzene rings is 2. The van der Waals surface area contributed by atoms with Crippen LogP contribution in [0.2, 0.25) is 0 Å². The van der Waals surface area contributed by atoms with Crippen LogP contribution in [-0.2, 0) is 0 Å². The van der Waals surface area contributed by atoms with Crippen LogP contribution in [0.1, 0.15) is 37.6 Å². The van der Waals surface area contributed by atoms with Gasteiger partial charge < -0.3 is 10.0 Å². The molecule has 2 aromatic rings. The van der Waals surface area contributed by atoms with Gasteiger partial charge in [-0.25, -0.2) is 4.79 Å². The number of anilines is 1. The molecule has 0 spiro atoms. The van der Waals surface area contributed by atoms with Crippen molar-refractivity contribution in [3.63, 3.8) is 0 Å². The van der Waals surface area contributed by atoms with E-state index >= 15 is 0 Å². The molecule has 1 atom stereocenters. The summed E-state index contributed by atoms with van der Waals surface area (Å²) in [7, 11) is 2.08. The average Bonchev–Trinajstić information content (AvgIpc) is 2.44. The fourth-order valence-corrected chi connectivity index (χ4v) is 2.85. The number of nitrogens with zero attached hydrogens (tertiary/aromatic N) is 1. The van der Waals surface area contributed by atoms with Gasteiger partial charge in [-0.05, 0) is 36.8 Å². The fraction of sp³-hybridized carbons (Fsp3) is 0.389. The topological polar surface area (TPSA) is 40.5 Å². The molecule has 0 aliphatic heterocycles. The third-order valence-electron chi connectivity index (χ3n) is 3.99. The van der Waals surface area contributed by atoms with Crippen molar-refractivity contribution in [2.75, 3.05) is 11.9 Å². The van der Waals surface area contributed by atoms with Crippen molar-refractivity contribution < 1.29 is 9.90 Å². The zero-order valence-corrected chi connectivity index (χ0v) is 13.1. The molecule has 1 unspecified atom stereocenters. The number of fused-ring (bicyclic) bond motifs is 1. The molecule has 0 aromatic heterocycles. The van der Waals surface area contributed by atoms with Crippen molar-refractivity contribution >= 4 is 22.4 Å². The molecular formula is C18H23NO2. The Labute approximate surface area is 126 Å². The van der Waals surface area contributed by atoms with Gasteiger partial charge in [0.15, 0.2) is 0 Å². The lowest BCUT2D eigenvalue weighted by Crippen LogP contribution is -2.30. The van der Waals surface area contributed by atoms with E-state index in [4.69, 9.17) is 0 Å². The number of carbonyl (C=O) groups is 1. The van der Waals surface area contributed by atoms with Gasteiger partial charge in [0, 0.05) is 24.2 Å². The van der Waals surface area contributed by atoms with Crippen LogP contribution in [-0.4, -0.2) is 24.2 Å². The standard InChI is InChI=1S/C18H23NO2/c1-12(2)11-13(3)19(4)17-10-9-16(18(20)21)14-7-5-6-8-15(14)17/h5-10,12-13H,11H2,1-4H3,(H,20,21). The molecule has 0 radical (unpaired) electrons. The normalized spacial score (nSPS) is 12.6. The summed E-state index contributed by atoms with van der Waals surface area (Å²) in [5.41, 5.74) is 1.45. The van der Waals surface area contributed by atoms with Gasteiger partial charge in [-0.1, -0.05) is 38.1 Å². The second-order valence-electron chi connectivity index (χ2n) is 6.07. The minimum Gasteiger partial charge on any atom is -0.478 e. The van der Waals surface area contributed by atoms with Gasteiger partial charge in [0.05, 0.1) is 5.56 Å². The zero-order valence-electron chi connectivity index (χ0n) is 13.1. The Kier molecular flexibility index (Phi) is 4.51. The molecule has 0 bridgehead atoms. The molecule has 21 heavy (non-hydrogen) atoms. The molecule has 1 N–H and O–H groups in total. The van der Waals surface area contributed by atoms with Gasteiger partial charge in [-0.3, -0.25) is 0 Å². The second kappa shape index (κ2) is 6.17. The molecule has 0 amide bonds. The number of carboxylic acids is 1. The molecule has 112 valence electrons. The summed E-state index contributed by atoms with van der Waals surface area (Å²) in [6, 6.07) is 11.7. The lowest BCUT2D eigenvalue weighted by atomic mass is 9.99. The van der Waals surface area contributed by atoms with E-state index in [1.807, 2.05) is 30.3 Å². The molecule has 0 heterocycles. The van der Waals surface area contributed by atoms with Crippen molar-refractivity contribution in [1.82, 2.24) is 0 Å². The Hall–Kier alpha value is -2.03. The Morgan fingerprint density at radius 3 is 2.29 bits per heavy atom. The van der Waals surface area contributed by atoms with Crippen LogP contribution in [0.4, 0.5) is 5.69 Å². The smallest absolute Gasteiger partial charge is 0.336 e. The molecule has 2 rings (SSSR count). The minimum absolute atomic E-state index is 0.360. The molecule has 0 fully saturated rings. The molecule has 3 heteroatoms. The van der Waals surface area contributed by atoms with Crippen LogP contribution in [0, 0.1) is 5.92 Å². The largest absolute Gasteiger partial charge is 0.478 e. The van der Waals surface area contributed by atoms with Gasteiger partial charge in [0.25, 0.3) is 0 Å². The maximum Gasteiger partial charge on any atom is 0.336 e. The molecule has 0 aliphatic carbocycles. The van der Waals surface area contributed by atoms with E-state index in [0.29, 0.717) is 17.5 Å². The number of hydrogen-bond donors (Lipinski definition) is 1. The minimum atomic E-state index is -0.879. The van der Waals surface area contributed by atoms with Gasteiger partial charge in [0.2, 0.25) is 0 Å². The monoisotopic (exact) mass is 285 g/mol. The first-order valence-corrected chi connectivity index (χ1v) is 7.39. The summed E-state index contributed by atoms with van der Waals surface area (Å²) in [4.78, 5) is 13.6. The van der Waals surface area contributed by atoms with E-state index in [2.05, 4.69) is 32.7 Å². The van der Waals surface area contributed by atoms with E-state index in [0.717, 1.165) is 22.9 Å². The number of aromatic carboxylic acids is 1. The van der Waals surface area contributed by atoms with Gasteiger partial charge >= 0.3 is 5.97 Å². The Bertz CT molecular complexity index is 649. The van der Waals surface area contributed by atoms with Crippen LogP contribution in [0.5, 0.6) is 0 Å². The predicted molar refractivity (Wildman–Crippen MR) is 88.2 cm³/mol. The first-order valence-electron chi connectivity index (χ1n) is 7.39. The van der Waals surface area contributed by atoms with E-state index in [-0.39, 0.29) is 0 Å². The van der Waals surface area contributed by atoms with Crippen LogP contribution in [0.15, 0.2) is 36.4 Å². The maximum atomic E-state index is 11.4. The number of hydrogen-bond acceptors (Lipinski definition) is 2. The summed E-state index contributed by atoms with van der Waals surface area (Å²) in [6.07, 6.45) is 1.10. The average molecular weight is 285 g/mol. The van der Waals surface area contributed by atoms with Gasteiger partial charge in [-0.2, -0.15) is 0 Å². The van der Waals surface area contributed by atoms with Crippen LogP contribution in [0.3, 0.4) is 0 Å². The van der Waals surface area contributed by atoms with Crippen molar-refractivity contribution in [3.8, 4) is 0 Å². The molecule has 2 aromatic carbocycles. The lowest BCUT2D eigenvalue weighted by Gasteiger charge is -2.29. The molecule has 0 aliphatic rings. The first kappa shape index (κ1) is 15.4. The SMILES string of the molecule is CC(C)CC(C)N(C)c1ccc(C(=O)O)c2ccccc12. The zero-order chi connectivity index (χ0) is 15.6. The van der Waals surface area contributed by atoms with Crippen LogP contribution < -0.4 is 4.90 Å². The highest BCUT2D eigenvalue weighted by atomic mass is 16.4. The van der Waals surface area contributed by atoms with Crippen LogP contribution >= 0.6 is 0 Å². The van der Waals surface area contributed by atoms with Gasteiger partial charge in [0.1, 0.15) is 0 Å². The highest BCUT2D eigenvalue weighted by Crippen LogP contribution is 2.30. The summed E-state index contributed by atoms with van der Waals surface area (Å²) in [5.74, 6) is -0.248. The Morgan fingerprint density at radius 2 is 1.71 bits per heavy atom. The summed E-state index contributed by atoms with van der Waals surface area (Å²) < 4.78 is 0. The van der Waals surface area contributed by atoms with Gasteiger partial charge in [-0.15, -0.1) is 0 Å². The van der Waals surface area contributed by atoms with E-state index in [1.54, 1.807) is 6.07 Å². The summed E-state index contributed by atoms with van der Waals surface area (Å²) >= 11 is 0. The molecule has 0 saturated heterocycles. The molecule has 3 nitrogen and oxygen atoms in total. The van der Waals surface area contributed by atoms with Crippen molar-refractivity contribution in [2.45, 2.75) is 33.2 Å². The summed E-state index contributed by atoms with van der Waals surface area (Å²) in [6.45, 7) is 6.64. The summed E-state index contributed by atoms with van der Waals surface area (Å²) in [5, 5.41) is 11.1. The highest BCUT2D eigenvalue weighted by Gasteiger charge is 2.17. The highest BCUT2D eigenvalue weighted by molar-refractivity contribution is 6.07. The number of rotatable bonds is 5. The quantitative estimate of drug-likeness (QED) is 0.884. The third kappa shape index (κ3) is 3.18. The molecule has 0 saturated carbocycles. The van der Waals surface area contributed by atoms with Crippen molar-refractivity contribution in [2.24, 2.45) is 5.92 Å². The fourth-order valence-electron chi connectivity index (χ4n) is 2.85. The molecular weight excluding hydrogens is 262 g/mol. The van der Waals surface area contributed by atoms with Crippen molar-refractivity contribution in [3.05, 3.63) is 42.0 Å². The predicted octanol–water partition coefficient (Wildman–Crippen LogP) is 4.41. The Balaban J connectivity index is 2.50. The number of carboxylic acid groups (broad SMARTS) is 1.